The molecule has 0 bridgehead atoms. The Balaban J connectivity index is 0. The van der Waals surface area contributed by atoms with Gasteiger partial charge < -0.3 is 15.3 Å². The molecule has 1 atom stereocenters. The molecule has 228 valence electrons. The molecule has 0 spiro atoms. The van der Waals surface area contributed by atoms with E-state index >= 15 is 0 Å². The molecule has 5 nitrogen and oxygen atoms in total. The molecule has 3 N–H and O–H groups in total. The van der Waals surface area contributed by atoms with Gasteiger partial charge in [0.2, 0.25) is 0 Å². The summed E-state index contributed by atoms with van der Waals surface area (Å²) in [6.45, 7) is 5.89. The molecule has 0 radical (unpaired) electrons. The highest BCUT2D eigenvalue weighted by Crippen LogP contribution is 2.17. The molecule has 1 unspecified atom stereocenters. The van der Waals surface area contributed by atoms with E-state index in [2.05, 4.69) is 13.8 Å². The van der Waals surface area contributed by atoms with Crippen LogP contribution in [0.5, 0.6) is 0 Å². The Kier molecular flexibility index (Phi) is 31.3. The van der Waals surface area contributed by atoms with Crippen LogP contribution in [0.2, 0.25) is 0 Å². The molecule has 0 amide bonds. The van der Waals surface area contributed by atoms with Crippen molar-refractivity contribution in [3.05, 3.63) is 0 Å². The molecular formula is C33H66O5. The third kappa shape index (κ3) is 32.9. The first kappa shape index (κ1) is 39.0. The van der Waals surface area contributed by atoms with Crippen LogP contribution >= 0.6 is 0 Å². The summed E-state index contributed by atoms with van der Waals surface area (Å²) in [6, 6.07) is 0. The lowest BCUT2D eigenvalue weighted by molar-refractivity contribution is -0.157. The van der Waals surface area contributed by atoms with Crippen LogP contribution in [0.15, 0.2) is 0 Å². The van der Waals surface area contributed by atoms with Crippen LogP contribution < -0.4 is 0 Å². The zero-order valence-corrected chi connectivity index (χ0v) is 25.8. The topological polar surface area (TPSA) is 94.8 Å². The van der Waals surface area contributed by atoms with Crippen LogP contribution in [0.1, 0.15) is 194 Å². The van der Waals surface area contributed by atoms with Gasteiger partial charge in [-0.25, -0.2) is 4.79 Å². The second kappa shape index (κ2) is 30.4. The Morgan fingerprint density at radius 3 is 1.00 bits per heavy atom. The third-order valence-electron chi connectivity index (χ3n) is 7.47. The van der Waals surface area contributed by atoms with E-state index in [0.29, 0.717) is 12.8 Å². The maximum atomic E-state index is 10.7. The summed E-state index contributed by atoms with van der Waals surface area (Å²) in [5.41, 5.74) is -1.54. The molecule has 0 fully saturated rings. The van der Waals surface area contributed by atoms with E-state index in [1.54, 1.807) is 0 Å². The summed E-state index contributed by atoms with van der Waals surface area (Å²) in [6.07, 6.45) is 32.7. The fraction of sp³-hybridized carbons (Fsp3) is 0.939. The number of hydrogen-bond donors (Lipinski definition) is 3. The molecule has 0 aliphatic carbocycles. The van der Waals surface area contributed by atoms with Crippen molar-refractivity contribution in [3.63, 3.8) is 0 Å². The Morgan fingerprint density at radius 1 is 0.474 bits per heavy atom. The normalized spacial score (nSPS) is 12.5. The summed E-state index contributed by atoms with van der Waals surface area (Å²) in [4.78, 5) is 21.0. The fourth-order valence-electron chi connectivity index (χ4n) is 4.71. The van der Waals surface area contributed by atoms with E-state index in [-0.39, 0.29) is 0 Å². The van der Waals surface area contributed by atoms with Gasteiger partial charge in [0, 0.05) is 6.42 Å². The van der Waals surface area contributed by atoms with Crippen LogP contribution in [0.25, 0.3) is 0 Å². The number of carboxylic acid groups (broad SMARTS) is 2. The zero-order valence-electron chi connectivity index (χ0n) is 25.8. The molecule has 0 aliphatic rings. The molecule has 0 aliphatic heterocycles. The first-order chi connectivity index (χ1) is 18.3. The number of carbonyl (C=O) groups is 2. The summed E-state index contributed by atoms with van der Waals surface area (Å²) in [5, 5.41) is 26.8. The van der Waals surface area contributed by atoms with E-state index in [1.807, 2.05) is 0 Å². The van der Waals surface area contributed by atoms with Crippen LogP contribution in [0.4, 0.5) is 0 Å². The van der Waals surface area contributed by atoms with Crippen LogP contribution in [0.3, 0.4) is 0 Å². The predicted octanol–water partition coefficient (Wildman–Crippen LogP) is 10.5. The number of aliphatic hydroxyl groups is 1. The van der Waals surface area contributed by atoms with Crippen molar-refractivity contribution in [3.8, 4) is 0 Å². The van der Waals surface area contributed by atoms with Crippen molar-refractivity contribution in [1.29, 1.82) is 0 Å². The SMILES string of the molecule is CCCCCCCCCCCCCCC(C)(O)C(=O)O.CCCCCCCCCCCCCCCC(=O)O. The second-order valence-corrected chi connectivity index (χ2v) is 11.6. The summed E-state index contributed by atoms with van der Waals surface area (Å²) < 4.78 is 0. The molecule has 0 saturated heterocycles. The first-order valence-electron chi connectivity index (χ1n) is 16.5. The van der Waals surface area contributed by atoms with Crippen LogP contribution in [-0.4, -0.2) is 32.9 Å². The molecule has 0 aromatic rings. The Bertz CT molecular complexity index is 504. The van der Waals surface area contributed by atoms with E-state index in [0.717, 1.165) is 32.1 Å². The van der Waals surface area contributed by atoms with Crippen molar-refractivity contribution in [2.24, 2.45) is 0 Å². The molecule has 0 heterocycles. The summed E-state index contributed by atoms with van der Waals surface area (Å²) in [7, 11) is 0. The van der Waals surface area contributed by atoms with Crippen molar-refractivity contribution in [2.75, 3.05) is 0 Å². The maximum Gasteiger partial charge on any atom is 0.335 e. The lowest BCUT2D eigenvalue weighted by Crippen LogP contribution is -2.34. The van der Waals surface area contributed by atoms with Gasteiger partial charge in [-0.2, -0.15) is 0 Å². The molecule has 0 rings (SSSR count). The molecule has 0 saturated carbocycles. The Labute approximate surface area is 236 Å². The number of unbranched alkanes of at least 4 members (excludes halogenated alkanes) is 23. The zero-order chi connectivity index (χ0) is 28.7. The highest BCUT2D eigenvalue weighted by molar-refractivity contribution is 5.76. The number of rotatable bonds is 28. The van der Waals surface area contributed by atoms with Gasteiger partial charge in [0.25, 0.3) is 0 Å². The van der Waals surface area contributed by atoms with Gasteiger partial charge in [-0.1, -0.05) is 162 Å². The quantitative estimate of drug-likeness (QED) is 0.0854. The van der Waals surface area contributed by atoms with Gasteiger partial charge >= 0.3 is 11.9 Å². The van der Waals surface area contributed by atoms with E-state index in [9.17, 15) is 14.7 Å². The minimum absolute atomic E-state index is 0.345. The Hall–Kier alpha value is -1.10. The average molecular weight is 543 g/mol. The predicted molar refractivity (Wildman–Crippen MR) is 162 cm³/mol. The lowest BCUT2D eigenvalue weighted by Gasteiger charge is -2.17. The van der Waals surface area contributed by atoms with Gasteiger partial charge in [0.15, 0.2) is 5.60 Å². The number of hydrogen-bond acceptors (Lipinski definition) is 3. The highest BCUT2D eigenvalue weighted by atomic mass is 16.4. The second-order valence-electron chi connectivity index (χ2n) is 11.6. The molecular weight excluding hydrogens is 476 g/mol. The Morgan fingerprint density at radius 2 is 0.737 bits per heavy atom. The monoisotopic (exact) mass is 542 g/mol. The van der Waals surface area contributed by atoms with E-state index < -0.39 is 17.5 Å². The number of carboxylic acids is 2. The van der Waals surface area contributed by atoms with Gasteiger partial charge in [-0.15, -0.1) is 0 Å². The highest BCUT2D eigenvalue weighted by Gasteiger charge is 2.28. The number of aliphatic carboxylic acids is 2. The van der Waals surface area contributed by atoms with Gasteiger partial charge in [0.05, 0.1) is 0 Å². The molecule has 38 heavy (non-hydrogen) atoms. The standard InChI is InChI=1S/C17H34O3.C16H32O2/c1-3-4-5-6-7-8-9-10-11-12-13-14-15-17(2,20)16(18)19;1-2-3-4-5-6-7-8-9-10-11-12-13-14-15-16(17)18/h20H,3-15H2,1-2H3,(H,18,19);2-15H2,1H3,(H,17,18). The molecule has 0 aromatic carbocycles. The lowest BCUT2D eigenvalue weighted by atomic mass is 9.97. The van der Waals surface area contributed by atoms with Crippen molar-refractivity contribution < 1.29 is 24.9 Å². The van der Waals surface area contributed by atoms with Gasteiger partial charge in [-0.05, 0) is 26.2 Å². The largest absolute Gasteiger partial charge is 0.481 e. The average Bonchev–Trinajstić information content (AvgIpc) is 2.87. The summed E-state index contributed by atoms with van der Waals surface area (Å²) >= 11 is 0. The van der Waals surface area contributed by atoms with Crippen molar-refractivity contribution in [1.82, 2.24) is 0 Å². The van der Waals surface area contributed by atoms with Gasteiger partial charge in [-0.3, -0.25) is 4.79 Å². The maximum absolute atomic E-state index is 10.7. The van der Waals surface area contributed by atoms with Crippen molar-refractivity contribution >= 4 is 11.9 Å². The van der Waals surface area contributed by atoms with E-state index in [4.69, 9.17) is 10.2 Å². The summed E-state index contributed by atoms with van der Waals surface area (Å²) in [5.74, 6) is -1.77. The van der Waals surface area contributed by atoms with E-state index in [1.165, 1.54) is 135 Å². The van der Waals surface area contributed by atoms with Crippen LogP contribution in [0, 0.1) is 0 Å². The fourth-order valence-corrected chi connectivity index (χ4v) is 4.71. The minimum Gasteiger partial charge on any atom is -0.481 e. The third-order valence-corrected chi connectivity index (χ3v) is 7.47. The smallest absolute Gasteiger partial charge is 0.335 e. The molecule has 0 aromatic heterocycles. The van der Waals surface area contributed by atoms with Crippen molar-refractivity contribution in [2.45, 2.75) is 200 Å². The molecule has 5 heteroatoms. The minimum atomic E-state index is -1.54. The van der Waals surface area contributed by atoms with Crippen LogP contribution in [-0.2, 0) is 9.59 Å². The first-order valence-corrected chi connectivity index (χ1v) is 16.5. The van der Waals surface area contributed by atoms with Gasteiger partial charge in [0.1, 0.15) is 0 Å².